The number of aliphatic carboxylic acids is 1. The Labute approximate surface area is 98.7 Å². The van der Waals surface area contributed by atoms with Gasteiger partial charge in [0.05, 0.1) is 0 Å². The number of aromatic nitrogens is 2. The van der Waals surface area contributed by atoms with Crippen LogP contribution in [0, 0.1) is 13.8 Å². The van der Waals surface area contributed by atoms with E-state index < -0.39 is 12.0 Å². The molecule has 0 spiro atoms. The Hall–Kier alpha value is -1.14. The third kappa shape index (κ3) is 3.79. The first-order chi connectivity index (χ1) is 7.52. The van der Waals surface area contributed by atoms with E-state index in [1.165, 1.54) is 11.8 Å². The van der Waals surface area contributed by atoms with Crippen LogP contribution in [0.3, 0.4) is 0 Å². The van der Waals surface area contributed by atoms with Crippen LogP contribution in [-0.4, -0.2) is 39.9 Å². The molecule has 6 heteroatoms. The van der Waals surface area contributed by atoms with Gasteiger partial charge in [0.25, 0.3) is 0 Å². The van der Waals surface area contributed by atoms with Gasteiger partial charge in [0.15, 0.2) is 5.16 Å². The van der Waals surface area contributed by atoms with Crippen LogP contribution >= 0.6 is 11.8 Å². The average Bonchev–Trinajstić information content (AvgIpc) is 2.16. The predicted molar refractivity (Wildman–Crippen MR) is 62.7 cm³/mol. The number of likely N-dealkylation sites (N-methyl/N-ethyl adjacent to an activating group) is 1. The summed E-state index contributed by atoms with van der Waals surface area (Å²) >= 11 is 1.34. The lowest BCUT2D eigenvalue weighted by molar-refractivity contribution is -0.138. The number of thioether (sulfide) groups is 1. The van der Waals surface area contributed by atoms with Crippen LogP contribution in [0.25, 0.3) is 0 Å². The van der Waals surface area contributed by atoms with Crippen LogP contribution in [0.5, 0.6) is 0 Å². The third-order valence-corrected chi connectivity index (χ3v) is 2.93. The molecule has 1 atom stereocenters. The van der Waals surface area contributed by atoms with Gasteiger partial charge in [-0.25, -0.2) is 9.97 Å². The molecule has 1 heterocycles. The van der Waals surface area contributed by atoms with Gasteiger partial charge in [-0.1, -0.05) is 11.8 Å². The average molecular weight is 241 g/mol. The van der Waals surface area contributed by atoms with E-state index in [-0.39, 0.29) is 0 Å². The van der Waals surface area contributed by atoms with Gasteiger partial charge in [-0.15, -0.1) is 0 Å². The lowest BCUT2D eigenvalue weighted by atomic mass is 10.3. The molecule has 0 bridgehead atoms. The van der Waals surface area contributed by atoms with Gasteiger partial charge in [0, 0.05) is 17.1 Å². The molecular formula is C10H15N3O2S. The molecular weight excluding hydrogens is 226 g/mol. The zero-order valence-electron chi connectivity index (χ0n) is 9.52. The minimum Gasteiger partial charge on any atom is -0.480 e. The highest BCUT2D eigenvalue weighted by Crippen LogP contribution is 2.15. The molecule has 0 aliphatic carbocycles. The van der Waals surface area contributed by atoms with Gasteiger partial charge >= 0.3 is 5.97 Å². The van der Waals surface area contributed by atoms with E-state index in [4.69, 9.17) is 5.11 Å². The minimum absolute atomic E-state index is 0.411. The summed E-state index contributed by atoms with van der Waals surface area (Å²) in [7, 11) is 1.63. The zero-order chi connectivity index (χ0) is 12.1. The van der Waals surface area contributed by atoms with Gasteiger partial charge in [0.1, 0.15) is 6.04 Å². The normalized spacial score (nSPS) is 12.4. The molecule has 0 fully saturated rings. The standard InChI is InChI=1S/C10H15N3O2S/c1-6-4-7(2)13-10(12-6)16-5-8(11-3)9(14)15/h4,8,11H,5H2,1-3H3,(H,14,15). The number of carbonyl (C=O) groups is 1. The Morgan fingerprint density at radius 3 is 2.50 bits per heavy atom. The van der Waals surface area contributed by atoms with E-state index in [2.05, 4.69) is 15.3 Å². The largest absolute Gasteiger partial charge is 0.480 e. The van der Waals surface area contributed by atoms with Crippen LogP contribution in [-0.2, 0) is 4.79 Å². The summed E-state index contributed by atoms with van der Waals surface area (Å²) in [4.78, 5) is 19.2. The lowest BCUT2D eigenvalue weighted by Crippen LogP contribution is -2.36. The maximum atomic E-state index is 10.8. The highest BCUT2D eigenvalue weighted by molar-refractivity contribution is 7.99. The number of rotatable bonds is 5. The maximum absolute atomic E-state index is 10.8. The molecule has 0 aromatic carbocycles. The first-order valence-electron chi connectivity index (χ1n) is 4.88. The second-order valence-corrected chi connectivity index (χ2v) is 4.41. The van der Waals surface area contributed by atoms with Crippen LogP contribution in [0.2, 0.25) is 0 Å². The molecule has 0 aliphatic heterocycles. The van der Waals surface area contributed by atoms with Crippen molar-refractivity contribution in [3.8, 4) is 0 Å². The molecule has 2 N–H and O–H groups in total. The molecule has 0 aliphatic rings. The number of carboxylic acids is 1. The first-order valence-corrected chi connectivity index (χ1v) is 5.86. The smallest absolute Gasteiger partial charge is 0.321 e. The summed E-state index contributed by atoms with van der Waals surface area (Å²) in [5.74, 6) is -0.450. The number of hydrogen-bond acceptors (Lipinski definition) is 5. The van der Waals surface area contributed by atoms with Crippen molar-refractivity contribution < 1.29 is 9.90 Å². The fourth-order valence-corrected chi connectivity index (χ4v) is 2.24. The van der Waals surface area contributed by atoms with Gasteiger partial charge in [-0.3, -0.25) is 4.79 Å². The highest BCUT2D eigenvalue weighted by atomic mass is 32.2. The SMILES string of the molecule is CNC(CSc1nc(C)cc(C)n1)C(=O)O. The fourth-order valence-electron chi connectivity index (χ4n) is 1.19. The van der Waals surface area contributed by atoms with Crippen LogP contribution < -0.4 is 5.32 Å². The molecule has 0 amide bonds. The molecule has 1 rings (SSSR count). The molecule has 0 saturated carbocycles. The monoisotopic (exact) mass is 241 g/mol. The van der Waals surface area contributed by atoms with Crippen molar-refractivity contribution in [1.82, 2.24) is 15.3 Å². The fraction of sp³-hybridized carbons (Fsp3) is 0.500. The van der Waals surface area contributed by atoms with E-state index in [1.807, 2.05) is 19.9 Å². The van der Waals surface area contributed by atoms with Gasteiger partial charge in [-0.2, -0.15) is 0 Å². The summed E-state index contributed by atoms with van der Waals surface area (Å²) in [5.41, 5.74) is 1.79. The molecule has 1 aromatic heterocycles. The second kappa shape index (κ2) is 5.81. The third-order valence-electron chi connectivity index (χ3n) is 1.99. The van der Waals surface area contributed by atoms with Crippen molar-refractivity contribution in [3.05, 3.63) is 17.5 Å². The quantitative estimate of drug-likeness (QED) is 0.588. The summed E-state index contributed by atoms with van der Waals surface area (Å²) in [5, 5.41) is 12.2. The van der Waals surface area contributed by atoms with E-state index in [0.717, 1.165) is 11.4 Å². The molecule has 0 saturated heterocycles. The zero-order valence-corrected chi connectivity index (χ0v) is 10.3. The predicted octanol–water partition coefficient (Wildman–Crippen LogP) is 0.858. The molecule has 1 unspecified atom stereocenters. The Morgan fingerprint density at radius 2 is 2.06 bits per heavy atom. The number of carboxylic acid groups (broad SMARTS) is 1. The lowest BCUT2D eigenvalue weighted by Gasteiger charge is -2.09. The van der Waals surface area contributed by atoms with Crippen LogP contribution in [0.4, 0.5) is 0 Å². The van der Waals surface area contributed by atoms with E-state index in [0.29, 0.717) is 10.9 Å². The van der Waals surface area contributed by atoms with Crippen molar-refractivity contribution in [2.24, 2.45) is 0 Å². The van der Waals surface area contributed by atoms with Crippen molar-refractivity contribution in [1.29, 1.82) is 0 Å². The van der Waals surface area contributed by atoms with Crippen molar-refractivity contribution in [2.75, 3.05) is 12.8 Å². The Morgan fingerprint density at radius 1 is 1.50 bits per heavy atom. The van der Waals surface area contributed by atoms with Gasteiger partial charge in [0.2, 0.25) is 0 Å². The van der Waals surface area contributed by atoms with Crippen LogP contribution in [0.15, 0.2) is 11.2 Å². The Balaban J connectivity index is 2.63. The van der Waals surface area contributed by atoms with Gasteiger partial charge < -0.3 is 10.4 Å². The molecule has 16 heavy (non-hydrogen) atoms. The number of aryl methyl sites for hydroxylation is 2. The number of nitrogens with zero attached hydrogens (tertiary/aromatic N) is 2. The van der Waals surface area contributed by atoms with Crippen molar-refractivity contribution >= 4 is 17.7 Å². The molecule has 1 aromatic rings. The molecule has 0 radical (unpaired) electrons. The molecule has 88 valence electrons. The second-order valence-electron chi connectivity index (χ2n) is 3.42. The van der Waals surface area contributed by atoms with Crippen LogP contribution in [0.1, 0.15) is 11.4 Å². The number of nitrogens with one attached hydrogen (secondary N) is 1. The minimum atomic E-state index is -0.862. The first kappa shape index (κ1) is 12.9. The topological polar surface area (TPSA) is 75.1 Å². The van der Waals surface area contributed by atoms with Crippen molar-refractivity contribution in [3.63, 3.8) is 0 Å². The van der Waals surface area contributed by atoms with E-state index in [1.54, 1.807) is 7.05 Å². The summed E-state index contributed by atoms with van der Waals surface area (Å²) in [6, 6.07) is 1.31. The summed E-state index contributed by atoms with van der Waals surface area (Å²) in [6.45, 7) is 3.79. The maximum Gasteiger partial charge on any atom is 0.321 e. The Bertz CT molecular complexity index is 364. The Kier molecular flexibility index (Phi) is 4.70. The molecule has 5 nitrogen and oxygen atoms in total. The van der Waals surface area contributed by atoms with E-state index in [9.17, 15) is 4.79 Å². The number of hydrogen-bond donors (Lipinski definition) is 2. The van der Waals surface area contributed by atoms with Gasteiger partial charge in [-0.05, 0) is 27.0 Å². The summed E-state index contributed by atoms with van der Waals surface area (Å²) < 4.78 is 0. The summed E-state index contributed by atoms with van der Waals surface area (Å²) in [6.07, 6.45) is 0. The highest BCUT2D eigenvalue weighted by Gasteiger charge is 2.15. The van der Waals surface area contributed by atoms with Crippen molar-refractivity contribution in [2.45, 2.75) is 25.0 Å². The van der Waals surface area contributed by atoms with E-state index >= 15 is 0 Å².